The molecule has 0 bridgehead atoms. The second-order valence-electron chi connectivity index (χ2n) is 6.20. The number of hydrogen-bond donors (Lipinski definition) is 0. The molecule has 4 nitrogen and oxygen atoms in total. The highest BCUT2D eigenvalue weighted by Crippen LogP contribution is 2.24. The van der Waals surface area contributed by atoms with E-state index in [1.807, 2.05) is 68.4 Å². The van der Waals surface area contributed by atoms with Gasteiger partial charge in [-0.25, -0.2) is 0 Å². The lowest BCUT2D eigenvalue weighted by molar-refractivity contribution is -0.140. The molecule has 124 valence electrons. The number of benzene rings is 2. The molecule has 1 aliphatic rings. The summed E-state index contributed by atoms with van der Waals surface area (Å²) in [6.45, 7) is 4.91. The molecule has 0 aromatic heterocycles. The van der Waals surface area contributed by atoms with E-state index in [4.69, 9.17) is 0 Å². The standard InChI is InChI=1S/C20H22N2O2/c1-15-8-6-7-11-18(15)22-13-12-21(16(2)20(22)24)19(23)14-17-9-4-3-5-10-17/h3-11,16H,12-14H2,1-2H3/t16-/m1/s1. The highest BCUT2D eigenvalue weighted by atomic mass is 16.2. The SMILES string of the molecule is Cc1ccccc1N1CCN(C(=O)Cc2ccccc2)[C@H](C)C1=O. The van der Waals surface area contributed by atoms with Gasteiger partial charge in [-0.05, 0) is 31.0 Å². The summed E-state index contributed by atoms with van der Waals surface area (Å²) in [6, 6.07) is 17.1. The van der Waals surface area contributed by atoms with Crippen LogP contribution >= 0.6 is 0 Å². The number of anilines is 1. The average molecular weight is 322 g/mol. The summed E-state index contributed by atoms with van der Waals surface area (Å²) in [5, 5.41) is 0. The molecule has 3 rings (SSSR count). The molecule has 0 unspecified atom stereocenters. The molecule has 2 aromatic rings. The molecule has 0 aliphatic carbocycles. The first kappa shape index (κ1) is 16.2. The number of nitrogens with zero attached hydrogens (tertiary/aromatic N) is 2. The Hall–Kier alpha value is -2.62. The van der Waals surface area contributed by atoms with Crippen molar-refractivity contribution in [1.82, 2.24) is 4.90 Å². The number of para-hydroxylation sites is 1. The average Bonchev–Trinajstić information content (AvgIpc) is 2.59. The molecule has 0 radical (unpaired) electrons. The van der Waals surface area contributed by atoms with Crippen LogP contribution in [0, 0.1) is 6.92 Å². The number of carbonyl (C=O) groups excluding carboxylic acids is 2. The van der Waals surface area contributed by atoms with Crippen LogP contribution in [0.15, 0.2) is 54.6 Å². The summed E-state index contributed by atoms with van der Waals surface area (Å²) >= 11 is 0. The first-order chi connectivity index (χ1) is 11.6. The molecule has 1 atom stereocenters. The quantitative estimate of drug-likeness (QED) is 0.872. The fraction of sp³-hybridized carbons (Fsp3) is 0.300. The highest BCUT2D eigenvalue weighted by molar-refractivity contribution is 6.00. The Morgan fingerprint density at radius 1 is 1.04 bits per heavy atom. The smallest absolute Gasteiger partial charge is 0.249 e. The van der Waals surface area contributed by atoms with E-state index >= 15 is 0 Å². The van der Waals surface area contributed by atoms with E-state index < -0.39 is 6.04 Å². The van der Waals surface area contributed by atoms with E-state index in [-0.39, 0.29) is 11.8 Å². The molecular weight excluding hydrogens is 300 g/mol. The van der Waals surface area contributed by atoms with Crippen molar-refractivity contribution < 1.29 is 9.59 Å². The third-order valence-electron chi connectivity index (χ3n) is 4.58. The summed E-state index contributed by atoms with van der Waals surface area (Å²) in [7, 11) is 0. The number of hydrogen-bond acceptors (Lipinski definition) is 2. The lowest BCUT2D eigenvalue weighted by Crippen LogP contribution is -2.58. The van der Waals surface area contributed by atoms with E-state index in [1.165, 1.54) is 0 Å². The van der Waals surface area contributed by atoms with Crippen LogP contribution in [0.4, 0.5) is 5.69 Å². The second-order valence-corrected chi connectivity index (χ2v) is 6.20. The zero-order valence-corrected chi connectivity index (χ0v) is 14.1. The van der Waals surface area contributed by atoms with Gasteiger partial charge in [0.05, 0.1) is 6.42 Å². The lowest BCUT2D eigenvalue weighted by Gasteiger charge is -2.39. The van der Waals surface area contributed by atoms with Gasteiger partial charge in [0.2, 0.25) is 11.8 Å². The minimum atomic E-state index is -0.436. The third kappa shape index (κ3) is 3.18. The predicted molar refractivity (Wildman–Crippen MR) is 94.9 cm³/mol. The van der Waals surface area contributed by atoms with Gasteiger partial charge >= 0.3 is 0 Å². The molecule has 1 heterocycles. The predicted octanol–water partition coefficient (Wildman–Crippen LogP) is 2.80. The molecule has 1 saturated heterocycles. The maximum atomic E-state index is 12.8. The summed E-state index contributed by atoms with van der Waals surface area (Å²) in [4.78, 5) is 28.9. The molecule has 4 heteroatoms. The van der Waals surface area contributed by atoms with Crippen LogP contribution in [-0.4, -0.2) is 35.8 Å². The van der Waals surface area contributed by atoms with E-state index in [0.717, 1.165) is 16.8 Å². The zero-order chi connectivity index (χ0) is 17.1. The molecule has 1 aliphatic heterocycles. The minimum absolute atomic E-state index is 0.00600. The maximum Gasteiger partial charge on any atom is 0.249 e. The number of piperazine rings is 1. The van der Waals surface area contributed by atoms with Crippen LogP contribution in [-0.2, 0) is 16.0 Å². The first-order valence-corrected chi connectivity index (χ1v) is 8.28. The van der Waals surface area contributed by atoms with Crippen LogP contribution in [0.3, 0.4) is 0 Å². The van der Waals surface area contributed by atoms with Crippen molar-refractivity contribution in [3.63, 3.8) is 0 Å². The third-order valence-corrected chi connectivity index (χ3v) is 4.58. The van der Waals surface area contributed by atoms with Crippen LogP contribution in [0.2, 0.25) is 0 Å². The fourth-order valence-electron chi connectivity index (χ4n) is 3.19. The normalized spacial score (nSPS) is 17.9. The Labute approximate surface area is 142 Å². The summed E-state index contributed by atoms with van der Waals surface area (Å²) in [6.07, 6.45) is 0.336. The Morgan fingerprint density at radius 2 is 1.71 bits per heavy atom. The van der Waals surface area contributed by atoms with E-state index in [2.05, 4.69) is 0 Å². The number of rotatable bonds is 3. The van der Waals surface area contributed by atoms with Crippen molar-refractivity contribution in [2.45, 2.75) is 26.3 Å². The van der Waals surface area contributed by atoms with Crippen molar-refractivity contribution in [3.05, 3.63) is 65.7 Å². The summed E-state index contributed by atoms with van der Waals surface area (Å²) in [5.74, 6) is -0.0107. The van der Waals surface area contributed by atoms with E-state index in [0.29, 0.717) is 19.5 Å². The minimum Gasteiger partial charge on any atom is -0.329 e. The van der Waals surface area contributed by atoms with Gasteiger partial charge in [-0.1, -0.05) is 48.5 Å². The molecule has 2 aromatic carbocycles. The molecule has 0 spiro atoms. The molecule has 24 heavy (non-hydrogen) atoms. The van der Waals surface area contributed by atoms with Crippen LogP contribution in [0.1, 0.15) is 18.1 Å². The van der Waals surface area contributed by atoms with Crippen molar-refractivity contribution in [3.8, 4) is 0 Å². The molecule has 0 saturated carbocycles. The zero-order valence-electron chi connectivity index (χ0n) is 14.1. The number of carbonyl (C=O) groups is 2. The molecule has 2 amide bonds. The Bertz CT molecular complexity index is 742. The number of aryl methyl sites for hydroxylation is 1. The molecule has 1 fully saturated rings. The lowest BCUT2D eigenvalue weighted by atomic mass is 10.1. The Kier molecular flexibility index (Phi) is 4.65. The summed E-state index contributed by atoms with van der Waals surface area (Å²) in [5.41, 5.74) is 2.98. The van der Waals surface area contributed by atoms with Gasteiger partial charge in [-0.15, -0.1) is 0 Å². The molecule has 0 N–H and O–H groups in total. The van der Waals surface area contributed by atoms with Gasteiger partial charge < -0.3 is 9.80 Å². The Morgan fingerprint density at radius 3 is 2.42 bits per heavy atom. The van der Waals surface area contributed by atoms with E-state index in [9.17, 15) is 9.59 Å². The topological polar surface area (TPSA) is 40.6 Å². The van der Waals surface area contributed by atoms with Crippen molar-refractivity contribution >= 4 is 17.5 Å². The first-order valence-electron chi connectivity index (χ1n) is 8.28. The second kappa shape index (κ2) is 6.87. The number of amides is 2. The van der Waals surface area contributed by atoms with Gasteiger partial charge in [0.15, 0.2) is 0 Å². The Balaban J connectivity index is 1.73. The van der Waals surface area contributed by atoms with Crippen LogP contribution in [0.5, 0.6) is 0 Å². The van der Waals surface area contributed by atoms with Gasteiger partial charge in [0, 0.05) is 18.8 Å². The highest BCUT2D eigenvalue weighted by Gasteiger charge is 2.35. The largest absolute Gasteiger partial charge is 0.329 e. The van der Waals surface area contributed by atoms with Crippen molar-refractivity contribution in [1.29, 1.82) is 0 Å². The fourth-order valence-corrected chi connectivity index (χ4v) is 3.19. The van der Waals surface area contributed by atoms with Crippen molar-refractivity contribution in [2.24, 2.45) is 0 Å². The van der Waals surface area contributed by atoms with Crippen LogP contribution in [0.25, 0.3) is 0 Å². The van der Waals surface area contributed by atoms with Gasteiger partial charge in [0.25, 0.3) is 0 Å². The maximum absolute atomic E-state index is 12.8. The van der Waals surface area contributed by atoms with Crippen molar-refractivity contribution in [2.75, 3.05) is 18.0 Å². The monoisotopic (exact) mass is 322 g/mol. The van der Waals surface area contributed by atoms with Gasteiger partial charge in [0.1, 0.15) is 6.04 Å². The van der Waals surface area contributed by atoms with Crippen LogP contribution < -0.4 is 4.90 Å². The van der Waals surface area contributed by atoms with Gasteiger partial charge in [-0.3, -0.25) is 9.59 Å². The molecular formula is C20H22N2O2. The summed E-state index contributed by atoms with van der Waals surface area (Å²) < 4.78 is 0. The van der Waals surface area contributed by atoms with Gasteiger partial charge in [-0.2, -0.15) is 0 Å². The van der Waals surface area contributed by atoms with E-state index in [1.54, 1.807) is 9.80 Å².